The molecule has 0 saturated carbocycles. The molecule has 0 N–H and O–H groups in total. The van der Waals surface area contributed by atoms with Crippen molar-refractivity contribution >= 4 is 12.1 Å². The highest BCUT2D eigenvalue weighted by molar-refractivity contribution is 5.93. The maximum absolute atomic E-state index is 10.8. The van der Waals surface area contributed by atoms with Crippen molar-refractivity contribution < 1.29 is 9.59 Å². The molecule has 0 fully saturated rings. The summed E-state index contributed by atoms with van der Waals surface area (Å²) in [5.74, 6) is 0.0138. The van der Waals surface area contributed by atoms with Crippen molar-refractivity contribution in [1.29, 1.82) is 0 Å². The van der Waals surface area contributed by atoms with Crippen LogP contribution in [0.5, 0.6) is 0 Å². The number of carbonyl (C=O) groups excluding carboxylic acids is 2. The fraction of sp³-hybridized carbons (Fsp3) is 0.556. The topological polar surface area (TPSA) is 34.1 Å². The summed E-state index contributed by atoms with van der Waals surface area (Å²) < 4.78 is 0. The highest BCUT2D eigenvalue weighted by atomic mass is 16.1. The van der Waals surface area contributed by atoms with Crippen LogP contribution in [-0.2, 0) is 9.59 Å². The van der Waals surface area contributed by atoms with Gasteiger partial charge in [0.25, 0.3) is 0 Å². The molecule has 0 aliphatic heterocycles. The lowest BCUT2D eigenvalue weighted by Crippen LogP contribution is -2.10. The molecule has 0 heterocycles. The Morgan fingerprint density at radius 2 is 1.73 bits per heavy atom. The van der Waals surface area contributed by atoms with Crippen molar-refractivity contribution in [2.45, 2.75) is 27.7 Å². The van der Waals surface area contributed by atoms with Crippen LogP contribution < -0.4 is 0 Å². The number of hydrogen-bond acceptors (Lipinski definition) is 2. The van der Waals surface area contributed by atoms with Crippen molar-refractivity contribution in [3.63, 3.8) is 0 Å². The number of allylic oxidation sites excluding steroid dienone is 2. The van der Waals surface area contributed by atoms with E-state index >= 15 is 0 Å². The molecule has 11 heavy (non-hydrogen) atoms. The normalized spacial score (nSPS) is 12.9. The fourth-order valence-corrected chi connectivity index (χ4v) is 0.694. The zero-order chi connectivity index (χ0) is 9.07. The van der Waals surface area contributed by atoms with E-state index in [9.17, 15) is 9.59 Å². The first kappa shape index (κ1) is 10.1. The van der Waals surface area contributed by atoms with Gasteiger partial charge in [0.05, 0.1) is 0 Å². The molecule has 0 unspecified atom stereocenters. The Morgan fingerprint density at radius 1 is 1.27 bits per heavy atom. The monoisotopic (exact) mass is 154 g/mol. The average molecular weight is 154 g/mol. The minimum Gasteiger partial charge on any atom is -0.302 e. The molecular weight excluding hydrogens is 140 g/mol. The molecule has 0 aromatic rings. The molecule has 0 radical (unpaired) electrons. The van der Waals surface area contributed by atoms with Crippen molar-refractivity contribution in [1.82, 2.24) is 0 Å². The van der Waals surface area contributed by atoms with E-state index in [0.29, 0.717) is 5.57 Å². The second-order valence-electron chi connectivity index (χ2n) is 3.32. The zero-order valence-corrected chi connectivity index (χ0v) is 7.47. The zero-order valence-electron chi connectivity index (χ0n) is 7.47. The van der Waals surface area contributed by atoms with Crippen LogP contribution in [0.25, 0.3) is 0 Å². The summed E-state index contributed by atoms with van der Waals surface area (Å²) in [5.41, 5.74) is 0.123. The smallest absolute Gasteiger partial charge is 0.155 e. The van der Waals surface area contributed by atoms with Crippen molar-refractivity contribution in [2.24, 2.45) is 5.41 Å². The standard InChI is InChI=1S/C9H14O2/c1-7(8(2)11)5-9(3,4)6-10/h5-6H,1-4H3/b7-5+. The van der Waals surface area contributed by atoms with Crippen LogP contribution in [0.1, 0.15) is 27.7 Å². The number of hydrogen-bond donors (Lipinski definition) is 0. The van der Waals surface area contributed by atoms with Crippen molar-refractivity contribution in [3.8, 4) is 0 Å². The highest BCUT2D eigenvalue weighted by Crippen LogP contribution is 2.15. The van der Waals surface area contributed by atoms with E-state index in [0.717, 1.165) is 6.29 Å². The number of rotatable bonds is 3. The third kappa shape index (κ3) is 3.71. The van der Waals surface area contributed by atoms with Crippen molar-refractivity contribution in [3.05, 3.63) is 11.6 Å². The van der Waals surface area contributed by atoms with E-state index in [1.807, 2.05) is 0 Å². The van der Waals surface area contributed by atoms with Gasteiger partial charge in [-0.15, -0.1) is 0 Å². The van der Waals surface area contributed by atoms with Gasteiger partial charge in [-0.05, 0) is 33.3 Å². The molecule has 0 atom stereocenters. The van der Waals surface area contributed by atoms with Crippen LogP contribution >= 0.6 is 0 Å². The summed E-state index contributed by atoms with van der Waals surface area (Å²) >= 11 is 0. The number of carbonyl (C=O) groups is 2. The molecule has 2 heteroatoms. The quantitative estimate of drug-likeness (QED) is 0.458. The van der Waals surface area contributed by atoms with Gasteiger partial charge in [-0.1, -0.05) is 6.08 Å². The van der Waals surface area contributed by atoms with Gasteiger partial charge in [0, 0.05) is 5.41 Å². The number of aldehydes is 1. The molecule has 0 spiro atoms. The Hall–Kier alpha value is -0.920. The molecule has 0 aromatic carbocycles. The largest absolute Gasteiger partial charge is 0.302 e. The molecular formula is C9H14O2. The van der Waals surface area contributed by atoms with E-state index in [4.69, 9.17) is 0 Å². The second-order valence-corrected chi connectivity index (χ2v) is 3.32. The molecule has 0 bridgehead atoms. The Bertz CT molecular complexity index is 200. The average Bonchev–Trinajstić information content (AvgIpc) is 1.87. The van der Waals surface area contributed by atoms with Crippen LogP contribution in [-0.4, -0.2) is 12.1 Å². The number of Topliss-reactive ketones (excluding diaryl/α,β-unsaturated/α-hetero) is 1. The summed E-state index contributed by atoms with van der Waals surface area (Å²) in [6.45, 7) is 6.75. The maximum atomic E-state index is 10.8. The van der Waals surface area contributed by atoms with Gasteiger partial charge in [-0.25, -0.2) is 0 Å². The van der Waals surface area contributed by atoms with Crippen LogP contribution in [0.2, 0.25) is 0 Å². The lowest BCUT2D eigenvalue weighted by Gasteiger charge is -2.10. The predicted octanol–water partition coefficient (Wildman–Crippen LogP) is 1.75. The summed E-state index contributed by atoms with van der Waals surface area (Å²) in [5, 5.41) is 0. The highest BCUT2D eigenvalue weighted by Gasteiger charge is 2.13. The van der Waals surface area contributed by atoms with Crippen LogP contribution in [0.15, 0.2) is 11.6 Å². The Balaban J connectivity index is 4.54. The summed E-state index contributed by atoms with van der Waals surface area (Å²) in [7, 11) is 0. The first-order chi connectivity index (χ1) is 4.89. The lowest BCUT2D eigenvalue weighted by molar-refractivity contribution is -0.113. The van der Waals surface area contributed by atoms with Gasteiger partial charge < -0.3 is 4.79 Å². The van der Waals surface area contributed by atoms with E-state index in [1.165, 1.54) is 6.92 Å². The van der Waals surface area contributed by atoms with Gasteiger partial charge in [-0.2, -0.15) is 0 Å². The first-order valence-corrected chi connectivity index (χ1v) is 3.56. The molecule has 0 aromatic heterocycles. The number of ketones is 1. The van der Waals surface area contributed by atoms with Gasteiger partial charge in [0.2, 0.25) is 0 Å². The van der Waals surface area contributed by atoms with E-state index in [2.05, 4.69) is 0 Å². The van der Waals surface area contributed by atoms with Crippen molar-refractivity contribution in [2.75, 3.05) is 0 Å². The van der Waals surface area contributed by atoms with E-state index in [1.54, 1.807) is 26.8 Å². The van der Waals surface area contributed by atoms with Gasteiger partial charge in [0.15, 0.2) is 5.78 Å². The third-order valence-electron chi connectivity index (χ3n) is 1.45. The molecule has 2 nitrogen and oxygen atoms in total. The predicted molar refractivity (Wildman–Crippen MR) is 44.3 cm³/mol. The Kier molecular flexibility index (Phi) is 3.18. The van der Waals surface area contributed by atoms with Crippen LogP contribution in [0, 0.1) is 5.41 Å². The summed E-state index contributed by atoms with van der Waals surface area (Å²) in [4.78, 5) is 21.2. The summed E-state index contributed by atoms with van der Waals surface area (Å²) in [6, 6.07) is 0. The van der Waals surface area contributed by atoms with Gasteiger partial charge >= 0.3 is 0 Å². The van der Waals surface area contributed by atoms with Gasteiger partial charge in [-0.3, -0.25) is 4.79 Å². The Morgan fingerprint density at radius 3 is 2.00 bits per heavy atom. The molecule has 0 rings (SSSR count). The van der Waals surface area contributed by atoms with Crippen LogP contribution in [0.4, 0.5) is 0 Å². The molecule has 0 amide bonds. The molecule has 0 saturated heterocycles. The molecule has 0 aliphatic rings. The minimum absolute atomic E-state index is 0.0138. The minimum atomic E-state index is -0.518. The van der Waals surface area contributed by atoms with E-state index < -0.39 is 5.41 Å². The lowest BCUT2D eigenvalue weighted by atomic mass is 9.92. The van der Waals surface area contributed by atoms with E-state index in [-0.39, 0.29) is 5.78 Å². The first-order valence-electron chi connectivity index (χ1n) is 3.56. The maximum Gasteiger partial charge on any atom is 0.155 e. The Labute approximate surface area is 67.3 Å². The molecule has 62 valence electrons. The SMILES string of the molecule is CC(=O)/C(C)=C/C(C)(C)C=O. The molecule has 0 aliphatic carbocycles. The van der Waals surface area contributed by atoms with Crippen LogP contribution in [0.3, 0.4) is 0 Å². The summed E-state index contributed by atoms with van der Waals surface area (Å²) in [6.07, 6.45) is 2.52. The third-order valence-corrected chi connectivity index (χ3v) is 1.45. The second kappa shape index (κ2) is 3.46. The fourth-order valence-electron chi connectivity index (χ4n) is 0.694. The van der Waals surface area contributed by atoms with Gasteiger partial charge in [0.1, 0.15) is 6.29 Å².